The largest absolute Gasteiger partial charge is 0.478 e. The molecule has 0 saturated heterocycles. The molecule has 1 heterocycles. The van der Waals surface area contributed by atoms with Crippen molar-refractivity contribution in [1.82, 2.24) is 9.78 Å². The molecule has 0 bridgehead atoms. The minimum atomic E-state index is -0.903. The fourth-order valence-corrected chi connectivity index (χ4v) is 4.63. The van der Waals surface area contributed by atoms with Crippen LogP contribution in [0.4, 0.5) is 0 Å². The molecule has 3 aromatic rings. The zero-order valence-electron chi connectivity index (χ0n) is 18.7. The molecule has 1 N–H and O–H groups in total. The number of aromatic nitrogens is 2. The van der Waals surface area contributed by atoms with Crippen molar-refractivity contribution in [3.8, 4) is 0 Å². The topological polar surface area (TPSA) is 55.1 Å². The van der Waals surface area contributed by atoms with Crippen LogP contribution in [0.2, 0.25) is 0 Å². The van der Waals surface area contributed by atoms with Gasteiger partial charge >= 0.3 is 5.97 Å². The van der Waals surface area contributed by atoms with E-state index in [1.54, 1.807) is 12.1 Å². The average Bonchev–Trinajstić information content (AvgIpc) is 3.23. The van der Waals surface area contributed by atoms with Crippen LogP contribution in [-0.4, -0.2) is 20.9 Å². The van der Waals surface area contributed by atoms with Crippen LogP contribution in [0, 0.1) is 0 Å². The molecule has 31 heavy (non-hydrogen) atoms. The number of nitrogens with zero attached hydrogens (tertiary/aromatic N) is 2. The molecule has 2 aromatic carbocycles. The smallest absolute Gasteiger partial charge is 0.335 e. The van der Waals surface area contributed by atoms with Gasteiger partial charge in [0.1, 0.15) is 0 Å². The van der Waals surface area contributed by atoms with Crippen molar-refractivity contribution < 1.29 is 9.90 Å². The third-order valence-corrected chi connectivity index (χ3v) is 6.53. The zero-order chi connectivity index (χ0) is 22.2. The molecular weight excluding hydrogens is 384 g/mol. The maximum Gasteiger partial charge on any atom is 0.335 e. The monoisotopic (exact) mass is 414 g/mol. The number of hydrogen-bond acceptors (Lipinski definition) is 2. The summed E-state index contributed by atoms with van der Waals surface area (Å²) < 4.78 is 1.96. The summed E-state index contributed by atoms with van der Waals surface area (Å²) in [5.74, 6) is -0.903. The summed E-state index contributed by atoms with van der Waals surface area (Å²) in [5.41, 5.74) is 6.84. The first-order valence-electron chi connectivity index (χ1n) is 10.8. The normalized spacial score (nSPS) is 16.9. The van der Waals surface area contributed by atoms with E-state index in [9.17, 15) is 4.79 Å². The molecule has 1 aromatic heterocycles. The van der Waals surface area contributed by atoms with Gasteiger partial charge < -0.3 is 5.11 Å². The Bertz CT molecular complexity index is 1120. The highest BCUT2D eigenvalue weighted by Gasteiger charge is 2.38. The Kier molecular flexibility index (Phi) is 5.34. The lowest BCUT2D eigenvalue weighted by Gasteiger charge is -2.43. The van der Waals surface area contributed by atoms with Crippen LogP contribution in [0.25, 0.3) is 12.2 Å². The Morgan fingerprint density at radius 2 is 1.77 bits per heavy atom. The number of carboxylic acids is 1. The predicted molar refractivity (Wildman–Crippen MR) is 125 cm³/mol. The lowest BCUT2D eigenvalue weighted by molar-refractivity contribution is 0.0697. The molecule has 1 aliphatic rings. The van der Waals surface area contributed by atoms with Crippen molar-refractivity contribution >= 4 is 18.1 Å². The molecular formula is C27H30N2O2. The minimum absolute atomic E-state index is 0.0991. The van der Waals surface area contributed by atoms with Gasteiger partial charge in [-0.1, -0.05) is 58.0 Å². The molecule has 1 aliphatic carbocycles. The summed E-state index contributed by atoms with van der Waals surface area (Å²) in [6.45, 7) is 10.1. The quantitative estimate of drug-likeness (QED) is 0.510. The Morgan fingerprint density at radius 3 is 2.42 bits per heavy atom. The van der Waals surface area contributed by atoms with Gasteiger partial charge in [0, 0.05) is 12.4 Å². The zero-order valence-corrected chi connectivity index (χ0v) is 18.7. The van der Waals surface area contributed by atoms with E-state index in [1.807, 2.05) is 35.3 Å². The lowest BCUT2D eigenvalue weighted by atomic mass is 9.61. The van der Waals surface area contributed by atoms with E-state index >= 15 is 0 Å². The lowest BCUT2D eigenvalue weighted by Crippen LogP contribution is -2.35. The standard InChI is InChI=1S/C27H30N2O2/c1-26(2)12-13-27(3,4)24-22(11-8-19-6-9-21(10-7-19)25(30)31)16-20(17-23(24)26)18-29-15-5-14-28-29/h5-11,14-17H,12-13,18H2,1-4H3,(H,30,31)/b11-8+. The van der Waals surface area contributed by atoms with Gasteiger partial charge in [-0.05, 0) is 75.8 Å². The van der Waals surface area contributed by atoms with E-state index in [0.717, 1.165) is 24.9 Å². The van der Waals surface area contributed by atoms with Crippen LogP contribution in [0.1, 0.15) is 78.7 Å². The van der Waals surface area contributed by atoms with E-state index in [0.29, 0.717) is 5.56 Å². The van der Waals surface area contributed by atoms with Gasteiger partial charge in [0.15, 0.2) is 0 Å². The molecule has 0 radical (unpaired) electrons. The van der Waals surface area contributed by atoms with E-state index in [-0.39, 0.29) is 10.8 Å². The Labute approximate surface area is 184 Å². The summed E-state index contributed by atoms with van der Waals surface area (Å²) in [4.78, 5) is 11.1. The number of hydrogen-bond donors (Lipinski definition) is 1. The van der Waals surface area contributed by atoms with Crippen molar-refractivity contribution in [1.29, 1.82) is 0 Å². The molecule has 160 valence electrons. The number of fused-ring (bicyclic) bond motifs is 1. The van der Waals surface area contributed by atoms with Crippen molar-refractivity contribution in [3.63, 3.8) is 0 Å². The summed E-state index contributed by atoms with van der Waals surface area (Å²) >= 11 is 0. The van der Waals surface area contributed by atoms with Crippen LogP contribution < -0.4 is 0 Å². The second-order valence-corrected chi connectivity index (χ2v) is 9.84. The highest BCUT2D eigenvalue weighted by molar-refractivity contribution is 5.88. The van der Waals surface area contributed by atoms with E-state index in [4.69, 9.17) is 5.11 Å². The van der Waals surface area contributed by atoms with Gasteiger partial charge in [-0.15, -0.1) is 0 Å². The first-order valence-corrected chi connectivity index (χ1v) is 10.8. The molecule has 0 atom stereocenters. The molecule has 0 saturated carbocycles. The number of carbonyl (C=O) groups is 1. The van der Waals surface area contributed by atoms with Crippen LogP contribution >= 0.6 is 0 Å². The number of aromatic carboxylic acids is 1. The summed E-state index contributed by atoms with van der Waals surface area (Å²) in [6, 6.07) is 13.6. The Hall–Kier alpha value is -3.14. The SMILES string of the molecule is CC1(C)CCC(C)(C)c2c(/C=C/c3ccc(C(=O)O)cc3)cc(Cn3cccn3)cc21. The van der Waals surface area contributed by atoms with Crippen molar-refractivity contribution in [2.45, 2.75) is 57.9 Å². The second-order valence-electron chi connectivity index (χ2n) is 9.84. The summed E-state index contributed by atoms with van der Waals surface area (Å²) in [5, 5.41) is 13.5. The first-order chi connectivity index (χ1) is 14.7. The van der Waals surface area contributed by atoms with Crippen molar-refractivity contribution in [2.24, 2.45) is 0 Å². The van der Waals surface area contributed by atoms with E-state index in [2.05, 4.69) is 57.1 Å². The molecule has 0 fully saturated rings. The maximum atomic E-state index is 11.1. The van der Waals surface area contributed by atoms with Gasteiger partial charge in [0.2, 0.25) is 0 Å². The van der Waals surface area contributed by atoms with Crippen LogP contribution in [0.15, 0.2) is 54.9 Å². The molecule has 4 heteroatoms. The van der Waals surface area contributed by atoms with Gasteiger partial charge in [0.05, 0.1) is 12.1 Å². The number of benzene rings is 2. The Morgan fingerprint density at radius 1 is 1.06 bits per heavy atom. The molecule has 0 spiro atoms. The van der Waals surface area contributed by atoms with Crippen LogP contribution in [0.5, 0.6) is 0 Å². The van der Waals surface area contributed by atoms with Gasteiger partial charge in [-0.3, -0.25) is 4.68 Å². The molecule has 4 nitrogen and oxygen atoms in total. The molecule has 0 aliphatic heterocycles. The second kappa shape index (κ2) is 7.84. The highest BCUT2D eigenvalue weighted by Crippen LogP contribution is 2.48. The molecule has 0 amide bonds. The predicted octanol–water partition coefficient (Wildman–Crippen LogP) is 6.15. The maximum absolute atomic E-state index is 11.1. The van der Waals surface area contributed by atoms with Crippen LogP contribution in [-0.2, 0) is 17.4 Å². The molecule has 4 rings (SSSR count). The third kappa shape index (κ3) is 4.34. The fourth-order valence-electron chi connectivity index (χ4n) is 4.63. The number of carboxylic acid groups (broad SMARTS) is 1. The summed E-state index contributed by atoms with van der Waals surface area (Å²) in [6.07, 6.45) is 10.4. The van der Waals surface area contributed by atoms with Crippen molar-refractivity contribution in [2.75, 3.05) is 0 Å². The average molecular weight is 415 g/mol. The third-order valence-electron chi connectivity index (χ3n) is 6.53. The molecule has 0 unspecified atom stereocenters. The van der Waals surface area contributed by atoms with Gasteiger partial charge in [-0.25, -0.2) is 4.79 Å². The minimum Gasteiger partial charge on any atom is -0.478 e. The van der Waals surface area contributed by atoms with Gasteiger partial charge in [0.25, 0.3) is 0 Å². The van der Waals surface area contributed by atoms with E-state index in [1.165, 1.54) is 22.3 Å². The Balaban J connectivity index is 1.80. The van der Waals surface area contributed by atoms with Crippen LogP contribution in [0.3, 0.4) is 0 Å². The van der Waals surface area contributed by atoms with E-state index < -0.39 is 5.97 Å². The highest BCUT2D eigenvalue weighted by atomic mass is 16.4. The van der Waals surface area contributed by atoms with Crippen molar-refractivity contribution in [3.05, 3.63) is 88.2 Å². The first kappa shape index (κ1) is 21.1. The number of rotatable bonds is 5. The fraction of sp³-hybridized carbons (Fsp3) is 0.333. The van der Waals surface area contributed by atoms with Gasteiger partial charge in [-0.2, -0.15) is 5.10 Å². The summed E-state index contributed by atoms with van der Waals surface area (Å²) in [7, 11) is 0.